The molecule has 2 unspecified atom stereocenters. The predicted molar refractivity (Wildman–Crippen MR) is 83.8 cm³/mol. The van der Waals surface area contributed by atoms with Crippen molar-refractivity contribution in [3.05, 3.63) is 30.1 Å². The lowest BCUT2D eigenvalue weighted by Gasteiger charge is -2.23. The summed E-state index contributed by atoms with van der Waals surface area (Å²) in [6, 6.07) is 9.29. The van der Waals surface area contributed by atoms with E-state index in [4.69, 9.17) is 5.73 Å². The van der Waals surface area contributed by atoms with Crippen molar-refractivity contribution in [2.24, 2.45) is 0 Å². The summed E-state index contributed by atoms with van der Waals surface area (Å²) in [5.74, 6) is 1.43. The maximum Gasteiger partial charge on any atom is 0.145 e. The number of nitrogens with one attached hydrogen (secondary N) is 1. The van der Waals surface area contributed by atoms with Gasteiger partial charge in [-0.25, -0.2) is 9.97 Å². The standard InChI is InChI=1S/C16H21N5/c17-16-13-3-1-2-4-14(13)19-15(20-16)10-21-8-7-11-5-6-12(9-21)18-11/h1-4,11-12,18H,5-10H2,(H2,17,19,20). The molecule has 3 heterocycles. The van der Waals surface area contributed by atoms with E-state index in [0.29, 0.717) is 17.9 Å². The Labute approximate surface area is 124 Å². The number of nitrogens with zero attached hydrogens (tertiary/aromatic N) is 3. The predicted octanol–water partition coefficient (Wildman–Crippen LogP) is 1.54. The quantitative estimate of drug-likeness (QED) is 0.875. The van der Waals surface area contributed by atoms with Gasteiger partial charge in [0, 0.05) is 30.6 Å². The average molecular weight is 283 g/mol. The van der Waals surface area contributed by atoms with Crippen LogP contribution >= 0.6 is 0 Å². The van der Waals surface area contributed by atoms with E-state index in [1.807, 2.05) is 24.3 Å². The molecule has 2 saturated heterocycles. The molecule has 0 saturated carbocycles. The zero-order valence-electron chi connectivity index (χ0n) is 12.1. The van der Waals surface area contributed by atoms with Gasteiger partial charge in [-0.3, -0.25) is 4.90 Å². The Morgan fingerprint density at radius 1 is 1.14 bits per heavy atom. The number of nitrogen functional groups attached to an aromatic ring is 1. The second-order valence-corrected chi connectivity index (χ2v) is 6.20. The highest BCUT2D eigenvalue weighted by Crippen LogP contribution is 2.22. The molecule has 21 heavy (non-hydrogen) atoms. The Morgan fingerprint density at radius 2 is 2.00 bits per heavy atom. The summed E-state index contributed by atoms with van der Waals surface area (Å²) in [4.78, 5) is 11.6. The maximum atomic E-state index is 6.07. The first-order chi connectivity index (χ1) is 10.3. The van der Waals surface area contributed by atoms with Crippen LogP contribution in [0.3, 0.4) is 0 Å². The molecule has 1 aromatic heterocycles. The lowest BCUT2D eigenvalue weighted by molar-refractivity contribution is 0.245. The Hall–Kier alpha value is -1.72. The number of aromatic nitrogens is 2. The Bertz CT molecular complexity index is 656. The lowest BCUT2D eigenvalue weighted by Crippen LogP contribution is -2.35. The van der Waals surface area contributed by atoms with Gasteiger partial charge in [0.05, 0.1) is 12.1 Å². The molecule has 110 valence electrons. The van der Waals surface area contributed by atoms with Gasteiger partial charge in [-0.05, 0) is 31.4 Å². The highest BCUT2D eigenvalue weighted by molar-refractivity contribution is 5.87. The van der Waals surface area contributed by atoms with Crippen molar-refractivity contribution in [2.75, 3.05) is 18.8 Å². The molecule has 2 bridgehead atoms. The molecule has 0 amide bonds. The first kappa shape index (κ1) is 13.0. The summed E-state index contributed by atoms with van der Waals surface area (Å²) in [6.07, 6.45) is 3.85. The van der Waals surface area contributed by atoms with Crippen LogP contribution in [0, 0.1) is 0 Å². The van der Waals surface area contributed by atoms with Crippen LogP contribution in [0.25, 0.3) is 10.9 Å². The molecular weight excluding hydrogens is 262 g/mol. The van der Waals surface area contributed by atoms with Gasteiger partial charge in [-0.1, -0.05) is 12.1 Å². The minimum absolute atomic E-state index is 0.588. The van der Waals surface area contributed by atoms with Crippen LogP contribution in [0.1, 0.15) is 25.1 Å². The fourth-order valence-corrected chi connectivity index (χ4v) is 3.58. The van der Waals surface area contributed by atoms with Crippen molar-refractivity contribution in [3.8, 4) is 0 Å². The number of benzene rings is 1. The highest BCUT2D eigenvalue weighted by Gasteiger charge is 2.29. The Morgan fingerprint density at radius 3 is 2.95 bits per heavy atom. The summed E-state index contributed by atoms with van der Waals surface area (Å²) in [6.45, 7) is 3.00. The van der Waals surface area contributed by atoms with Crippen LogP contribution in [0.2, 0.25) is 0 Å². The number of para-hydroxylation sites is 1. The number of hydrogen-bond donors (Lipinski definition) is 2. The molecule has 5 nitrogen and oxygen atoms in total. The van der Waals surface area contributed by atoms with Crippen LogP contribution in [0.5, 0.6) is 0 Å². The third-order valence-corrected chi connectivity index (χ3v) is 4.65. The van der Waals surface area contributed by atoms with Gasteiger partial charge >= 0.3 is 0 Å². The number of anilines is 1. The summed E-state index contributed by atoms with van der Waals surface area (Å²) < 4.78 is 0. The fraction of sp³-hybridized carbons (Fsp3) is 0.500. The molecule has 2 aliphatic rings. The van der Waals surface area contributed by atoms with Crippen LogP contribution in [0.15, 0.2) is 24.3 Å². The fourth-order valence-electron chi connectivity index (χ4n) is 3.58. The normalized spacial score (nSPS) is 26.1. The van der Waals surface area contributed by atoms with Crippen molar-refractivity contribution < 1.29 is 0 Å². The van der Waals surface area contributed by atoms with E-state index in [1.54, 1.807) is 0 Å². The van der Waals surface area contributed by atoms with E-state index in [1.165, 1.54) is 19.3 Å². The summed E-state index contributed by atoms with van der Waals surface area (Å²) in [5, 5.41) is 4.64. The monoisotopic (exact) mass is 283 g/mol. The molecule has 3 N–H and O–H groups in total. The molecule has 0 aliphatic carbocycles. The van der Waals surface area contributed by atoms with Crippen molar-refractivity contribution in [1.29, 1.82) is 0 Å². The molecule has 1 aromatic carbocycles. The number of rotatable bonds is 2. The summed E-state index contributed by atoms with van der Waals surface area (Å²) in [5.41, 5.74) is 7.01. The van der Waals surface area contributed by atoms with Crippen molar-refractivity contribution >= 4 is 16.7 Å². The second-order valence-electron chi connectivity index (χ2n) is 6.20. The number of nitrogens with two attached hydrogens (primary N) is 1. The van der Waals surface area contributed by atoms with Gasteiger partial charge in [0.2, 0.25) is 0 Å². The average Bonchev–Trinajstić information content (AvgIpc) is 2.82. The third-order valence-electron chi connectivity index (χ3n) is 4.65. The van der Waals surface area contributed by atoms with Crippen molar-refractivity contribution in [1.82, 2.24) is 20.2 Å². The number of fused-ring (bicyclic) bond motifs is 3. The van der Waals surface area contributed by atoms with Crippen LogP contribution < -0.4 is 11.1 Å². The first-order valence-electron chi connectivity index (χ1n) is 7.77. The van der Waals surface area contributed by atoms with E-state index in [9.17, 15) is 0 Å². The molecule has 2 atom stereocenters. The van der Waals surface area contributed by atoms with Gasteiger partial charge < -0.3 is 11.1 Å². The largest absolute Gasteiger partial charge is 0.383 e. The van der Waals surface area contributed by atoms with Crippen molar-refractivity contribution in [3.63, 3.8) is 0 Å². The van der Waals surface area contributed by atoms with Crippen LogP contribution in [0.4, 0.5) is 5.82 Å². The van der Waals surface area contributed by atoms with Gasteiger partial charge in [-0.15, -0.1) is 0 Å². The van der Waals surface area contributed by atoms with E-state index in [0.717, 1.165) is 36.4 Å². The van der Waals surface area contributed by atoms with Gasteiger partial charge in [0.1, 0.15) is 11.6 Å². The first-order valence-corrected chi connectivity index (χ1v) is 7.77. The minimum Gasteiger partial charge on any atom is -0.383 e. The Balaban J connectivity index is 1.56. The topological polar surface area (TPSA) is 67.1 Å². The number of likely N-dealkylation sites (tertiary alicyclic amines) is 1. The molecule has 0 radical (unpaired) electrons. The number of hydrogen-bond acceptors (Lipinski definition) is 5. The van der Waals surface area contributed by atoms with E-state index >= 15 is 0 Å². The van der Waals surface area contributed by atoms with Gasteiger partial charge in [-0.2, -0.15) is 0 Å². The lowest BCUT2D eigenvalue weighted by atomic mass is 10.1. The molecule has 4 rings (SSSR count). The van der Waals surface area contributed by atoms with Crippen LogP contribution in [-0.4, -0.2) is 40.0 Å². The van der Waals surface area contributed by atoms with E-state index in [2.05, 4.69) is 20.2 Å². The maximum absolute atomic E-state index is 6.07. The zero-order chi connectivity index (χ0) is 14.2. The minimum atomic E-state index is 0.588. The molecule has 2 aromatic rings. The molecule has 2 fully saturated rings. The molecular formula is C16H21N5. The van der Waals surface area contributed by atoms with E-state index < -0.39 is 0 Å². The zero-order valence-corrected chi connectivity index (χ0v) is 12.1. The van der Waals surface area contributed by atoms with Crippen molar-refractivity contribution in [2.45, 2.75) is 37.9 Å². The smallest absolute Gasteiger partial charge is 0.145 e. The highest BCUT2D eigenvalue weighted by atomic mass is 15.2. The van der Waals surface area contributed by atoms with Crippen LogP contribution in [-0.2, 0) is 6.54 Å². The second kappa shape index (κ2) is 5.24. The van der Waals surface area contributed by atoms with E-state index in [-0.39, 0.29) is 0 Å². The third kappa shape index (κ3) is 2.59. The Kier molecular flexibility index (Phi) is 3.24. The SMILES string of the molecule is Nc1nc(CN2CCC3CCC(C2)N3)nc2ccccc12. The molecule has 5 heteroatoms. The van der Waals surface area contributed by atoms with Gasteiger partial charge in [0.25, 0.3) is 0 Å². The summed E-state index contributed by atoms with van der Waals surface area (Å²) >= 11 is 0. The summed E-state index contributed by atoms with van der Waals surface area (Å²) in [7, 11) is 0. The molecule has 0 spiro atoms. The molecule has 2 aliphatic heterocycles. The van der Waals surface area contributed by atoms with Gasteiger partial charge in [0.15, 0.2) is 0 Å².